The quantitative estimate of drug-likeness (QED) is 0.840. The van der Waals surface area contributed by atoms with Crippen molar-refractivity contribution in [2.45, 2.75) is 18.6 Å². The van der Waals surface area contributed by atoms with Gasteiger partial charge in [-0.1, -0.05) is 23.7 Å². The van der Waals surface area contributed by atoms with Crippen LogP contribution < -0.4 is 5.32 Å². The molecule has 0 aromatic heterocycles. The number of halogens is 1. The Hall–Kier alpha value is -1.10. The van der Waals surface area contributed by atoms with Crippen molar-refractivity contribution in [3.05, 3.63) is 34.9 Å². The highest BCUT2D eigenvalue weighted by Crippen LogP contribution is 2.24. The molecule has 0 spiro atoms. The van der Waals surface area contributed by atoms with E-state index in [4.69, 9.17) is 16.3 Å². The van der Waals surface area contributed by atoms with E-state index in [-0.39, 0.29) is 18.1 Å². The third-order valence-electron chi connectivity index (χ3n) is 3.68. The Morgan fingerprint density at radius 2 is 2.16 bits per heavy atom. The molecular formula is C14H17ClN2O2. The molecule has 2 saturated heterocycles. The number of piperazine rings is 1. The Labute approximate surface area is 117 Å². The van der Waals surface area contributed by atoms with Gasteiger partial charge in [-0.2, -0.15) is 0 Å². The minimum Gasteiger partial charge on any atom is -0.371 e. The van der Waals surface area contributed by atoms with E-state index in [0.717, 1.165) is 31.1 Å². The van der Waals surface area contributed by atoms with Crippen molar-refractivity contribution in [1.82, 2.24) is 10.2 Å². The maximum atomic E-state index is 11.5. The van der Waals surface area contributed by atoms with Crippen LogP contribution in [0.25, 0.3) is 0 Å². The first-order valence-electron chi connectivity index (χ1n) is 6.59. The minimum absolute atomic E-state index is 0.105. The fourth-order valence-corrected chi connectivity index (χ4v) is 2.70. The largest absolute Gasteiger partial charge is 0.371 e. The first-order chi connectivity index (χ1) is 9.22. The number of hydrogen-bond acceptors (Lipinski definition) is 3. The molecule has 2 aliphatic rings. The molecule has 19 heavy (non-hydrogen) atoms. The van der Waals surface area contributed by atoms with Gasteiger partial charge in [0.25, 0.3) is 0 Å². The first-order valence-corrected chi connectivity index (χ1v) is 6.97. The van der Waals surface area contributed by atoms with Crippen molar-refractivity contribution < 1.29 is 9.53 Å². The average Bonchev–Trinajstić information content (AvgIpc) is 3.22. The van der Waals surface area contributed by atoms with Crippen molar-refractivity contribution in [2.24, 2.45) is 0 Å². The zero-order valence-corrected chi connectivity index (χ0v) is 11.4. The monoisotopic (exact) mass is 280 g/mol. The second-order valence-corrected chi connectivity index (χ2v) is 5.53. The number of benzene rings is 1. The van der Waals surface area contributed by atoms with Gasteiger partial charge >= 0.3 is 0 Å². The lowest BCUT2D eigenvalue weighted by molar-refractivity contribution is -0.125. The van der Waals surface area contributed by atoms with Crippen LogP contribution in [0.1, 0.15) is 5.56 Å². The fourth-order valence-electron chi connectivity index (χ4n) is 2.58. The molecule has 3 rings (SSSR count). The molecule has 0 aliphatic carbocycles. The van der Waals surface area contributed by atoms with E-state index in [0.29, 0.717) is 6.54 Å². The highest BCUT2D eigenvalue weighted by molar-refractivity contribution is 6.30. The Kier molecular flexibility index (Phi) is 3.73. The van der Waals surface area contributed by atoms with Gasteiger partial charge in [-0.3, -0.25) is 9.69 Å². The van der Waals surface area contributed by atoms with E-state index in [2.05, 4.69) is 10.2 Å². The molecule has 1 aromatic carbocycles. The van der Waals surface area contributed by atoms with Crippen molar-refractivity contribution in [1.29, 1.82) is 0 Å². The molecule has 1 amide bonds. The van der Waals surface area contributed by atoms with Gasteiger partial charge in [-0.25, -0.2) is 0 Å². The number of carbonyl (C=O) groups excluding carboxylic acids is 1. The molecule has 0 saturated carbocycles. The van der Waals surface area contributed by atoms with Gasteiger partial charge in [0.2, 0.25) is 5.91 Å². The highest BCUT2D eigenvalue weighted by Gasteiger charge is 2.38. The maximum Gasteiger partial charge on any atom is 0.234 e. The van der Waals surface area contributed by atoms with Crippen molar-refractivity contribution >= 4 is 17.5 Å². The zero-order chi connectivity index (χ0) is 13.2. The molecule has 1 N–H and O–H groups in total. The summed E-state index contributed by atoms with van der Waals surface area (Å²) >= 11 is 5.90. The van der Waals surface area contributed by atoms with Crippen LogP contribution in [-0.2, 0) is 16.0 Å². The summed E-state index contributed by atoms with van der Waals surface area (Å²) in [4.78, 5) is 13.7. The average molecular weight is 281 g/mol. The molecule has 1 aromatic rings. The molecule has 4 nitrogen and oxygen atoms in total. The van der Waals surface area contributed by atoms with Crippen LogP contribution in [-0.4, -0.2) is 49.2 Å². The van der Waals surface area contributed by atoms with E-state index in [9.17, 15) is 4.79 Å². The molecule has 2 fully saturated rings. The number of ether oxygens (including phenoxy) is 1. The summed E-state index contributed by atoms with van der Waals surface area (Å²) in [5.74, 6) is 0.105. The Bertz CT molecular complexity index is 459. The summed E-state index contributed by atoms with van der Waals surface area (Å²) in [5, 5.41) is 3.61. The van der Waals surface area contributed by atoms with E-state index in [1.807, 2.05) is 24.3 Å². The van der Waals surface area contributed by atoms with Crippen molar-refractivity contribution in [3.63, 3.8) is 0 Å². The Morgan fingerprint density at radius 1 is 1.42 bits per heavy atom. The molecule has 0 radical (unpaired) electrons. The van der Waals surface area contributed by atoms with E-state index >= 15 is 0 Å². The van der Waals surface area contributed by atoms with Gasteiger partial charge in [0.1, 0.15) is 0 Å². The van der Waals surface area contributed by atoms with E-state index in [1.54, 1.807) is 0 Å². The van der Waals surface area contributed by atoms with Crippen LogP contribution in [0.4, 0.5) is 0 Å². The van der Waals surface area contributed by atoms with Crippen LogP contribution in [0.3, 0.4) is 0 Å². The molecular weight excluding hydrogens is 264 g/mol. The summed E-state index contributed by atoms with van der Waals surface area (Å²) in [6, 6.07) is 8.19. The molecule has 5 heteroatoms. The second-order valence-electron chi connectivity index (χ2n) is 5.09. The van der Waals surface area contributed by atoms with Gasteiger partial charge in [0.15, 0.2) is 0 Å². The number of nitrogens with one attached hydrogen (secondary N) is 1. The third-order valence-corrected chi connectivity index (χ3v) is 3.94. The van der Waals surface area contributed by atoms with Crippen LogP contribution in [0, 0.1) is 0 Å². The van der Waals surface area contributed by atoms with E-state index < -0.39 is 0 Å². The van der Waals surface area contributed by atoms with Crippen LogP contribution in [0.5, 0.6) is 0 Å². The topological polar surface area (TPSA) is 44.9 Å². The number of amides is 1. The predicted molar refractivity (Wildman–Crippen MR) is 73.3 cm³/mol. The van der Waals surface area contributed by atoms with Gasteiger partial charge < -0.3 is 10.1 Å². The minimum atomic E-state index is 0.105. The number of epoxide rings is 1. The summed E-state index contributed by atoms with van der Waals surface area (Å²) in [6.45, 7) is 2.89. The van der Waals surface area contributed by atoms with E-state index in [1.165, 1.54) is 5.56 Å². The Morgan fingerprint density at radius 3 is 2.79 bits per heavy atom. The fraction of sp³-hybridized carbons (Fsp3) is 0.500. The summed E-state index contributed by atoms with van der Waals surface area (Å²) in [6.07, 6.45) is 1.16. The van der Waals surface area contributed by atoms with Gasteiger partial charge in [-0.15, -0.1) is 0 Å². The van der Waals surface area contributed by atoms with Gasteiger partial charge in [-0.05, 0) is 24.1 Å². The standard InChI is InChI=1S/C14H17ClN2O2/c15-11-3-1-10(2-4-11)7-12(13-9-19-13)17-6-5-16-14(18)8-17/h1-4,12-13H,5-9H2,(H,16,18)/t12?,13-/m1/s1. The third kappa shape index (κ3) is 3.26. The first kappa shape index (κ1) is 12.9. The van der Waals surface area contributed by atoms with Crippen LogP contribution in [0.2, 0.25) is 5.02 Å². The predicted octanol–water partition coefficient (Wildman–Crippen LogP) is 1.08. The lowest BCUT2D eigenvalue weighted by Crippen LogP contribution is -2.53. The number of carbonyl (C=O) groups is 1. The molecule has 0 bridgehead atoms. The lowest BCUT2D eigenvalue weighted by Gasteiger charge is -2.33. The van der Waals surface area contributed by atoms with Crippen molar-refractivity contribution in [3.8, 4) is 0 Å². The normalized spacial score (nSPS) is 24.9. The van der Waals surface area contributed by atoms with Crippen LogP contribution >= 0.6 is 11.6 Å². The Balaban J connectivity index is 1.70. The number of hydrogen-bond donors (Lipinski definition) is 1. The molecule has 1 unspecified atom stereocenters. The van der Waals surface area contributed by atoms with Gasteiger partial charge in [0.05, 0.1) is 19.3 Å². The summed E-state index contributed by atoms with van der Waals surface area (Å²) in [7, 11) is 0. The number of nitrogens with zero attached hydrogens (tertiary/aromatic N) is 1. The molecule has 2 heterocycles. The molecule has 2 aliphatic heterocycles. The van der Waals surface area contributed by atoms with Crippen molar-refractivity contribution in [2.75, 3.05) is 26.2 Å². The van der Waals surface area contributed by atoms with Gasteiger partial charge in [0, 0.05) is 24.2 Å². The zero-order valence-electron chi connectivity index (χ0n) is 10.6. The smallest absolute Gasteiger partial charge is 0.234 e. The molecule has 2 atom stereocenters. The molecule has 102 valence electrons. The maximum absolute atomic E-state index is 11.5. The van der Waals surface area contributed by atoms with Crippen LogP contribution in [0.15, 0.2) is 24.3 Å². The lowest BCUT2D eigenvalue weighted by atomic mass is 10.0. The summed E-state index contributed by atoms with van der Waals surface area (Å²) in [5.41, 5.74) is 1.23. The SMILES string of the molecule is O=C1CN(C(Cc2ccc(Cl)cc2)[C@H]2CO2)CCN1. The second kappa shape index (κ2) is 5.49. The summed E-state index contributed by atoms with van der Waals surface area (Å²) < 4.78 is 5.46. The highest BCUT2D eigenvalue weighted by atomic mass is 35.5. The number of rotatable bonds is 4.